The highest BCUT2D eigenvalue weighted by molar-refractivity contribution is 6.32. The first kappa shape index (κ1) is 17.2. The van der Waals surface area contributed by atoms with Gasteiger partial charge < -0.3 is 20.0 Å². The third-order valence-electron chi connectivity index (χ3n) is 4.56. The molecule has 5 nitrogen and oxygen atoms in total. The molecule has 27 heavy (non-hydrogen) atoms. The lowest BCUT2D eigenvalue weighted by Gasteiger charge is -2.16. The minimum Gasteiger partial charge on any atom is -0.455 e. The van der Waals surface area contributed by atoms with Gasteiger partial charge in [-0.15, -0.1) is 0 Å². The first-order valence-electron chi connectivity index (χ1n) is 8.45. The second-order valence-electron chi connectivity index (χ2n) is 6.47. The molecule has 2 heterocycles. The van der Waals surface area contributed by atoms with E-state index in [-0.39, 0.29) is 5.56 Å². The van der Waals surface area contributed by atoms with Crippen molar-refractivity contribution in [1.29, 1.82) is 0 Å². The van der Waals surface area contributed by atoms with Crippen LogP contribution in [0.4, 0.5) is 5.69 Å². The topological polar surface area (TPSA) is 73.0 Å². The summed E-state index contributed by atoms with van der Waals surface area (Å²) in [6.07, 6.45) is 3.54. The number of rotatable bonds is 3. The Bertz CT molecular complexity index is 1200. The van der Waals surface area contributed by atoms with Gasteiger partial charge in [-0.05, 0) is 42.8 Å². The van der Waals surface area contributed by atoms with Crippen molar-refractivity contribution in [1.82, 2.24) is 9.55 Å². The van der Waals surface area contributed by atoms with Crippen LogP contribution in [0.2, 0.25) is 5.02 Å². The number of nitrogens with one attached hydrogen (secondary N) is 1. The normalized spacial score (nSPS) is 11.1. The zero-order valence-corrected chi connectivity index (χ0v) is 15.7. The Morgan fingerprint density at radius 2 is 1.96 bits per heavy atom. The van der Waals surface area contributed by atoms with Gasteiger partial charge in [-0.2, -0.15) is 0 Å². The van der Waals surface area contributed by atoms with Gasteiger partial charge in [0.2, 0.25) is 0 Å². The van der Waals surface area contributed by atoms with Gasteiger partial charge in [0.15, 0.2) is 0 Å². The van der Waals surface area contributed by atoms with Gasteiger partial charge in [0, 0.05) is 41.6 Å². The lowest BCUT2D eigenvalue weighted by Crippen LogP contribution is -2.16. The van der Waals surface area contributed by atoms with Gasteiger partial charge in [0.05, 0.1) is 5.02 Å². The summed E-state index contributed by atoms with van der Waals surface area (Å²) >= 11 is 6.33. The molecule has 0 aliphatic rings. The fraction of sp³-hybridized carbons (Fsp3) is 0.0952. The third kappa shape index (κ3) is 2.96. The number of anilines is 1. The summed E-state index contributed by atoms with van der Waals surface area (Å²) in [5, 5.41) is 1.34. The van der Waals surface area contributed by atoms with Crippen LogP contribution in [0.15, 0.2) is 59.7 Å². The van der Waals surface area contributed by atoms with Crippen molar-refractivity contribution < 1.29 is 4.74 Å². The molecule has 3 N–H and O–H groups in total. The van der Waals surface area contributed by atoms with Gasteiger partial charge in [-0.1, -0.05) is 23.7 Å². The minimum atomic E-state index is -0.0907. The molecule has 6 heteroatoms. The van der Waals surface area contributed by atoms with Crippen LogP contribution in [0.25, 0.3) is 22.0 Å². The van der Waals surface area contributed by atoms with Gasteiger partial charge in [-0.25, -0.2) is 0 Å². The predicted octanol–water partition coefficient (Wildman–Crippen LogP) is 4.87. The van der Waals surface area contributed by atoms with E-state index < -0.39 is 0 Å². The first-order valence-corrected chi connectivity index (χ1v) is 8.83. The molecule has 0 atom stereocenters. The van der Waals surface area contributed by atoms with E-state index in [2.05, 4.69) is 4.98 Å². The maximum absolute atomic E-state index is 12.4. The Morgan fingerprint density at radius 3 is 2.74 bits per heavy atom. The number of benzene rings is 2. The fourth-order valence-electron chi connectivity index (χ4n) is 3.19. The van der Waals surface area contributed by atoms with Gasteiger partial charge in [0.1, 0.15) is 17.0 Å². The number of nitrogen functional groups attached to an aromatic ring is 1. The first-order chi connectivity index (χ1) is 13.0. The van der Waals surface area contributed by atoms with Crippen LogP contribution in [-0.4, -0.2) is 9.55 Å². The molecule has 0 saturated carbocycles. The average Bonchev–Trinajstić information content (AvgIpc) is 3.12. The van der Waals surface area contributed by atoms with E-state index in [0.717, 1.165) is 22.1 Å². The Morgan fingerprint density at radius 1 is 1.15 bits per heavy atom. The molecule has 4 rings (SSSR count). The molecule has 136 valence electrons. The second-order valence-corrected chi connectivity index (χ2v) is 6.88. The standard InChI is InChI=1S/C21H18ClN3O2/c1-12-4-3-5-17(22)20(12)27-18-7-6-13(23)10-15(18)16-11-25(2)21(26)19-14(16)8-9-24-19/h3-11,24H,23H2,1-2H3. The molecule has 0 spiro atoms. The maximum atomic E-state index is 12.4. The average molecular weight is 380 g/mol. The molecule has 0 saturated heterocycles. The number of ether oxygens (including phenoxy) is 1. The summed E-state index contributed by atoms with van der Waals surface area (Å²) < 4.78 is 7.73. The highest BCUT2D eigenvalue weighted by atomic mass is 35.5. The van der Waals surface area contributed by atoms with E-state index in [0.29, 0.717) is 27.7 Å². The van der Waals surface area contributed by atoms with E-state index in [4.69, 9.17) is 22.1 Å². The number of H-pyrrole nitrogens is 1. The molecule has 4 aromatic rings. The fourth-order valence-corrected chi connectivity index (χ4v) is 3.45. The lowest BCUT2D eigenvalue weighted by atomic mass is 10.0. The molecule has 0 amide bonds. The number of aromatic nitrogens is 2. The number of para-hydroxylation sites is 1. The maximum Gasteiger partial charge on any atom is 0.274 e. The third-order valence-corrected chi connectivity index (χ3v) is 4.86. The molecule has 0 aliphatic heterocycles. The Kier molecular flexibility index (Phi) is 4.16. The molecule has 0 radical (unpaired) electrons. The van der Waals surface area contributed by atoms with E-state index in [1.165, 1.54) is 0 Å². The van der Waals surface area contributed by atoms with Crippen molar-refractivity contribution in [2.75, 3.05) is 5.73 Å². The lowest BCUT2D eigenvalue weighted by molar-refractivity contribution is 0.481. The van der Waals surface area contributed by atoms with Crippen LogP contribution in [0.1, 0.15) is 5.56 Å². The second kappa shape index (κ2) is 6.52. The minimum absolute atomic E-state index is 0.0907. The predicted molar refractivity (Wildman–Crippen MR) is 110 cm³/mol. The van der Waals surface area contributed by atoms with E-state index >= 15 is 0 Å². The van der Waals surface area contributed by atoms with Gasteiger partial charge in [0.25, 0.3) is 5.56 Å². The zero-order chi connectivity index (χ0) is 19.1. The van der Waals surface area contributed by atoms with Crippen LogP contribution >= 0.6 is 11.6 Å². The molecular formula is C21H18ClN3O2. The molecule has 2 aromatic heterocycles. The summed E-state index contributed by atoms with van der Waals surface area (Å²) in [6.45, 7) is 1.94. The van der Waals surface area contributed by atoms with Crippen LogP contribution in [-0.2, 0) is 7.05 Å². The molecule has 0 fully saturated rings. The number of aryl methyl sites for hydroxylation is 2. The van der Waals surface area contributed by atoms with Crippen LogP contribution < -0.4 is 16.0 Å². The molecule has 0 aliphatic carbocycles. The number of halogens is 1. The van der Waals surface area contributed by atoms with Crippen molar-refractivity contribution in [2.24, 2.45) is 7.05 Å². The van der Waals surface area contributed by atoms with Gasteiger partial charge in [-0.3, -0.25) is 4.79 Å². The quantitative estimate of drug-likeness (QED) is 0.499. The largest absolute Gasteiger partial charge is 0.455 e. The van der Waals surface area contributed by atoms with E-state index in [9.17, 15) is 4.79 Å². The van der Waals surface area contributed by atoms with Crippen LogP contribution in [0.5, 0.6) is 11.5 Å². The SMILES string of the molecule is Cc1cccc(Cl)c1Oc1ccc(N)cc1-c1cn(C)c(=O)c2[nH]ccc12. The zero-order valence-electron chi connectivity index (χ0n) is 14.9. The van der Waals surface area contributed by atoms with Crippen molar-refractivity contribution in [3.05, 3.63) is 75.8 Å². The van der Waals surface area contributed by atoms with Crippen LogP contribution in [0.3, 0.4) is 0 Å². The molecule has 2 aromatic carbocycles. The molecule has 0 bridgehead atoms. The number of hydrogen-bond acceptors (Lipinski definition) is 3. The highest BCUT2D eigenvalue weighted by Crippen LogP contribution is 2.40. The van der Waals surface area contributed by atoms with E-state index in [1.54, 1.807) is 36.1 Å². The summed E-state index contributed by atoms with van der Waals surface area (Å²) in [5.74, 6) is 1.21. The van der Waals surface area contributed by atoms with E-state index in [1.807, 2.05) is 37.3 Å². The number of nitrogens with two attached hydrogens (primary N) is 1. The number of pyridine rings is 1. The summed E-state index contributed by atoms with van der Waals surface area (Å²) in [5.41, 5.74) is 9.66. The Hall–Kier alpha value is -3.18. The monoisotopic (exact) mass is 379 g/mol. The number of aromatic amines is 1. The molecule has 0 unspecified atom stereocenters. The summed E-state index contributed by atoms with van der Waals surface area (Å²) in [4.78, 5) is 15.4. The number of nitrogens with zero attached hydrogens (tertiary/aromatic N) is 1. The smallest absolute Gasteiger partial charge is 0.274 e. The summed E-state index contributed by atoms with van der Waals surface area (Å²) in [6, 6.07) is 12.9. The Labute approximate surface area is 161 Å². The van der Waals surface area contributed by atoms with Crippen molar-refractivity contribution in [3.8, 4) is 22.6 Å². The van der Waals surface area contributed by atoms with Gasteiger partial charge >= 0.3 is 0 Å². The van der Waals surface area contributed by atoms with Crippen molar-refractivity contribution in [2.45, 2.75) is 6.92 Å². The van der Waals surface area contributed by atoms with Crippen molar-refractivity contribution in [3.63, 3.8) is 0 Å². The van der Waals surface area contributed by atoms with Crippen LogP contribution in [0, 0.1) is 6.92 Å². The number of fused-ring (bicyclic) bond motifs is 1. The van der Waals surface area contributed by atoms with Crippen molar-refractivity contribution >= 4 is 28.2 Å². The summed E-state index contributed by atoms with van der Waals surface area (Å²) in [7, 11) is 1.72. The molecular weight excluding hydrogens is 362 g/mol. The Balaban J connectivity index is 1.95. The highest BCUT2D eigenvalue weighted by Gasteiger charge is 2.16. The number of hydrogen-bond donors (Lipinski definition) is 2.